The number of carbonyl (C=O) groups excluding carboxylic acids is 2. The summed E-state index contributed by atoms with van der Waals surface area (Å²) in [6, 6.07) is 17.1. The van der Waals surface area contributed by atoms with E-state index in [0.717, 1.165) is 44.0 Å². The molecular formula is C24H30N3O3+. The van der Waals surface area contributed by atoms with Crippen LogP contribution in [-0.4, -0.2) is 44.2 Å². The van der Waals surface area contributed by atoms with Crippen LogP contribution in [0, 0.1) is 0 Å². The fraction of sp³-hybridized carbons (Fsp3) is 0.333. The van der Waals surface area contributed by atoms with Gasteiger partial charge in [-0.1, -0.05) is 54.6 Å². The molecule has 1 atom stereocenters. The highest BCUT2D eigenvalue weighted by Gasteiger charge is 2.17. The van der Waals surface area contributed by atoms with Gasteiger partial charge in [0.05, 0.1) is 13.2 Å². The Bertz CT molecular complexity index is 861. The molecule has 0 aromatic heterocycles. The lowest BCUT2D eigenvalue weighted by molar-refractivity contribution is -0.921. The molecule has 1 aliphatic heterocycles. The van der Waals surface area contributed by atoms with Gasteiger partial charge in [0, 0.05) is 18.2 Å². The Hall–Kier alpha value is -2.96. The Morgan fingerprint density at radius 2 is 1.70 bits per heavy atom. The van der Waals surface area contributed by atoms with E-state index >= 15 is 0 Å². The number of ether oxygens (including phenoxy) is 1. The predicted molar refractivity (Wildman–Crippen MR) is 117 cm³/mol. The lowest BCUT2D eigenvalue weighted by Crippen LogP contribution is -3.12. The number of benzene rings is 2. The molecule has 1 heterocycles. The molecule has 30 heavy (non-hydrogen) atoms. The number of morpholine rings is 1. The molecule has 0 radical (unpaired) electrons. The third-order valence-electron chi connectivity index (χ3n) is 5.19. The zero-order valence-corrected chi connectivity index (χ0v) is 17.4. The van der Waals surface area contributed by atoms with E-state index in [1.165, 1.54) is 16.5 Å². The van der Waals surface area contributed by atoms with Crippen LogP contribution in [0.15, 0.2) is 60.7 Å². The van der Waals surface area contributed by atoms with Crippen molar-refractivity contribution in [1.29, 1.82) is 0 Å². The van der Waals surface area contributed by atoms with Gasteiger partial charge in [0.1, 0.15) is 25.7 Å². The standard InChI is InChI=1S/C24H29N3O3/c1-19(26-23(28)12-11-20-7-3-2-4-8-20)24(29)25-17-21-9-5-6-10-22(21)18-27-13-15-30-16-14-27/h2-12,19H,13-18H2,1H3,(H,25,29)(H,26,28)/p+1/b12-11+/t19-/m0/s1. The second-order valence-electron chi connectivity index (χ2n) is 7.50. The van der Waals surface area contributed by atoms with E-state index in [1.54, 1.807) is 13.0 Å². The number of hydrogen-bond acceptors (Lipinski definition) is 3. The summed E-state index contributed by atoms with van der Waals surface area (Å²) in [6.07, 6.45) is 3.17. The highest BCUT2D eigenvalue weighted by Crippen LogP contribution is 2.08. The smallest absolute Gasteiger partial charge is 0.244 e. The van der Waals surface area contributed by atoms with E-state index in [9.17, 15) is 9.59 Å². The first kappa shape index (κ1) is 21.7. The monoisotopic (exact) mass is 408 g/mol. The first-order valence-corrected chi connectivity index (χ1v) is 10.4. The third kappa shape index (κ3) is 6.83. The zero-order valence-electron chi connectivity index (χ0n) is 17.4. The SMILES string of the molecule is C[C@H](NC(=O)/C=C/c1ccccc1)C(=O)NCc1ccccc1C[NH+]1CCOCC1. The van der Waals surface area contributed by atoms with Gasteiger partial charge in [0.25, 0.3) is 0 Å². The van der Waals surface area contributed by atoms with Crippen molar-refractivity contribution >= 4 is 17.9 Å². The van der Waals surface area contributed by atoms with Gasteiger partial charge in [-0.05, 0) is 24.1 Å². The molecule has 0 bridgehead atoms. The van der Waals surface area contributed by atoms with Crippen LogP contribution < -0.4 is 15.5 Å². The summed E-state index contributed by atoms with van der Waals surface area (Å²) in [5.74, 6) is -0.497. The Morgan fingerprint density at radius 1 is 1.03 bits per heavy atom. The summed E-state index contributed by atoms with van der Waals surface area (Å²) in [5, 5.41) is 5.65. The number of amides is 2. The van der Waals surface area contributed by atoms with Crippen LogP contribution in [0.4, 0.5) is 0 Å². The molecule has 6 nitrogen and oxygen atoms in total. The first-order chi connectivity index (χ1) is 14.6. The van der Waals surface area contributed by atoms with Gasteiger partial charge < -0.3 is 20.3 Å². The van der Waals surface area contributed by atoms with Gasteiger partial charge >= 0.3 is 0 Å². The van der Waals surface area contributed by atoms with Crippen molar-refractivity contribution < 1.29 is 19.2 Å². The van der Waals surface area contributed by atoms with Crippen LogP contribution in [0.1, 0.15) is 23.6 Å². The van der Waals surface area contributed by atoms with Crippen LogP contribution >= 0.6 is 0 Å². The highest BCUT2D eigenvalue weighted by molar-refractivity contribution is 5.95. The van der Waals surface area contributed by atoms with E-state index in [1.807, 2.05) is 48.5 Å². The van der Waals surface area contributed by atoms with E-state index in [4.69, 9.17) is 4.74 Å². The molecule has 1 aliphatic rings. The summed E-state index contributed by atoms with van der Waals surface area (Å²) >= 11 is 0. The summed E-state index contributed by atoms with van der Waals surface area (Å²) in [6.45, 7) is 6.65. The molecule has 0 aliphatic carbocycles. The van der Waals surface area contributed by atoms with Crippen molar-refractivity contribution in [2.45, 2.75) is 26.1 Å². The van der Waals surface area contributed by atoms with Crippen LogP contribution in [0.3, 0.4) is 0 Å². The second kappa shape index (κ2) is 11.3. The summed E-state index contributed by atoms with van der Waals surface area (Å²) in [5.41, 5.74) is 3.27. The fourth-order valence-electron chi connectivity index (χ4n) is 3.41. The molecule has 3 rings (SSSR count). The van der Waals surface area contributed by atoms with Gasteiger partial charge in [-0.3, -0.25) is 9.59 Å². The molecule has 3 N–H and O–H groups in total. The summed E-state index contributed by atoms with van der Waals surface area (Å²) in [4.78, 5) is 26.0. The quantitative estimate of drug-likeness (QED) is 0.569. The molecule has 1 fully saturated rings. The first-order valence-electron chi connectivity index (χ1n) is 10.4. The number of hydrogen-bond donors (Lipinski definition) is 3. The zero-order chi connectivity index (χ0) is 21.2. The number of quaternary nitrogens is 1. The average molecular weight is 409 g/mol. The molecule has 2 aromatic rings. The maximum absolute atomic E-state index is 12.5. The Kier molecular flexibility index (Phi) is 8.18. The molecular weight excluding hydrogens is 378 g/mol. The molecule has 1 saturated heterocycles. The lowest BCUT2D eigenvalue weighted by Gasteiger charge is -2.24. The third-order valence-corrected chi connectivity index (χ3v) is 5.19. The van der Waals surface area contributed by atoms with E-state index < -0.39 is 6.04 Å². The number of rotatable bonds is 8. The fourth-order valence-corrected chi connectivity index (χ4v) is 3.41. The minimum atomic E-state index is -0.616. The van der Waals surface area contributed by atoms with E-state index in [2.05, 4.69) is 16.7 Å². The summed E-state index contributed by atoms with van der Waals surface area (Å²) < 4.78 is 5.43. The van der Waals surface area contributed by atoms with Crippen molar-refractivity contribution in [3.05, 3.63) is 77.4 Å². The van der Waals surface area contributed by atoms with Gasteiger partial charge in [0.2, 0.25) is 11.8 Å². The molecule has 0 spiro atoms. The molecule has 158 valence electrons. The normalized spacial score (nSPS) is 15.6. The average Bonchev–Trinajstić information content (AvgIpc) is 2.78. The Labute approximate surface area is 177 Å². The molecule has 0 saturated carbocycles. The summed E-state index contributed by atoms with van der Waals surface area (Å²) in [7, 11) is 0. The maximum Gasteiger partial charge on any atom is 0.244 e. The van der Waals surface area contributed by atoms with Crippen molar-refractivity contribution in [2.24, 2.45) is 0 Å². The van der Waals surface area contributed by atoms with Crippen molar-refractivity contribution in [3.63, 3.8) is 0 Å². The largest absolute Gasteiger partial charge is 0.370 e. The Balaban J connectivity index is 1.48. The minimum absolute atomic E-state index is 0.204. The molecule has 2 aromatic carbocycles. The van der Waals surface area contributed by atoms with Crippen molar-refractivity contribution in [1.82, 2.24) is 10.6 Å². The second-order valence-corrected chi connectivity index (χ2v) is 7.50. The van der Waals surface area contributed by atoms with Crippen LogP contribution in [-0.2, 0) is 27.4 Å². The number of carbonyl (C=O) groups is 2. The highest BCUT2D eigenvalue weighted by atomic mass is 16.5. The van der Waals surface area contributed by atoms with Crippen molar-refractivity contribution in [2.75, 3.05) is 26.3 Å². The Morgan fingerprint density at radius 3 is 2.43 bits per heavy atom. The topological polar surface area (TPSA) is 71.9 Å². The predicted octanol–water partition coefficient (Wildman–Crippen LogP) is 0.936. The molecule has 2 amide bonds. The van der Waals surface area contributed by atoms with Gasteiger partial charge in [-0.2, -0.15) is 0 Å². The van der Waals surface area contributed by atoms with Gasteiger partial charge in [-0.25, -0.2) is 0 Å². The van der Waals surface area contributed by atoms with Crippen molar-refractivity contribution in [3.8, 4) is 0 Å². The maximum atomic E-state index is 12.5. The van der Waals surface area contributed by atoms with Gasteiger partial charge in [0.15, 0.2) is 0 Å². The van der Waals surface area contributed by atoms with Gasteiger partial charge in [-0.15, -0.1) is 0 Å². The van der Waals surface area contributed by atoms with Crippen LogP contribution in [0.2, 0.25) is 0 Å². The van der Waals surface area contributed by atoms with Crippen LogP contribution in [0.25, 0.3) is 6.08 Å². The van der Waals surface area contributed by atoms with E-state index in [-0.39, 0.29) is 11.8 Å². The molecule has 0 unspecified atom stereocenters. The lowest BCUT2D eigenvalue weighted by atomic mass is 10.1. The number of nitrogens with one attached hydrogen (secondary N) is 3. The molecule has 6 heteroatoms. The van der Waals surface area contributed by atoms with E-state index in [0.29, 0.717) is 6.54 Å². The van der Waals surface area contributed by atoms with Crippen LogP contribution in [0.5, 0.6) is 0 Å². The minimum Gasteiger partial charge on any atom is -0.370 e.